The van der Waals surface area contributed by atoms with E-state index >= 15 is 0 Å². The summed E-state index contributed by atoms with van der Waals surface area (Å²) in [5, 5.41) is 0. The van der Waals surface area contributed by atoms with Crippen molar-refractivity contribution in [1.29, 1.82) is 0 Å². The maximum atomic E-state index is 10.2. The van der Waals surface area contributed by atoms with Crippen LogP contribution in [0.1, 0.15) is 13.8 Å². The van der Waals surface area contributed by atoms with Crippen LogP contribution in [0.5, 0.6) is 0 Å². The summed E-state index contributed by atoms with van der Waals surface area (Å²) in [6.45, 7) is 3.77. The van der Waals surface area contributed by atoms with Crippen LogP contribution in [0.4, 0.5) is 0 Å². The fraction of sp³-hybridized carbons (Fsp3) is 0.222. The fourth-order valence-corrected chi connectivity index (χ4v) is 0.481. The topological polar surface area (TPSA) is 17.1 Å². The first kappa shape index (κ1) is 8.89. The van der Waals surface area contributed by atoms with Gasteiger partial charge in [0, 0.05) is 5.57 Å². The molecule has 0 atom stereocenters. The summed E-state index contributed by atoms with van der Waals surface area (Å²) in [6.07, 6.45) is 10.0. The zero-order chi connectivity index (χ0) is 7.82. The fourth-order valence-electron chi connectivity index (χ4n) is 0.481. The third kappa shape index (κ3) is 3.84. The van der Waals surface area contributed by atoms with Crippen molar-refractivity contribution in [3.8, 4) is 0 Å². The molecule has 0 spiro atoms. The van der Waals surface area contributed by atoms with Gasteiger partial charge in [-0.05, 0) is 13.8 Å². The highest BCUT2D eigenvalue weighted by Gasteiger charge is 1.80. The summed E-state index contributed by atoms with van der Waals surface area (Å²) in [5.41, 5.74) is 0.707. The molecule has 0 aliphatic carbocycles. The van der Waals surface area contributed by atoms with Crippen molar-refractivity contribution in [3.05, 3.63) is 36.0 Å². The van der Waals surface area contributed by atoms with Crippen LogP contribution in [-0.4, -0.2) is 6.29 Å². The Morgan fingerprint density at radius 3 is 2.30 bits per heavy atom. The normalized spacial score (nSPS) is 13.2. The monoisotopic (exact) mass is 136 g/mol. The number of rotatable bonds is 3. The van der Waals surface area contributed by atoms with Gasteiger partial charge in [-0.1, -0.05) is 30.4 Å². The molecule has 0 bridgehead atoms. The van der Waals surface area contributed by atoms with Crippen LogP contribution in [0.25, 0.3) is 0 Å². The van der Waals surface area contributed by atoms with E-state index in [-0.39, 0.29) is 0 Å². The van der Waals surface area contributed by atoms with E-state index in [1.54, 1.807) is 12.2 Å². The summed E-state index contributed by atoms with van der Waals surface area (Å²) in [5.74, 6) is 0. The molecule has 0 aromatic rings. The van der Waals surface area contributed by atoms with Crippen LogP contribution in [0.2, 0.25) is 0 Å². The van der Waals surface area contributed by atoms with Gasteiger partial charge in [-0.15, -0.1) is 0 Å². The lowest BCUT2D eigenvalue weighted by Gasteiger charge is -1.82. The van der Waals surface area contributed by atoms with E-state index in [9.17, 15) is 4.79 Å². The van der Waals surface area contributed by atoms with Crippen molar-refractivity contribution in [2.45, 2.75) is 13.8 Å². The predicted molar refractivity (Wildman–Crippen MR) is 43.8 cm³/mol. The van der Waals surface area contributed by atoms with Gasteiger partial charge < -0.3 is 0 Å². The minimum atomic E-state index is 0.707. The molecule has 0 aromatic carbocycles. The molecular formula is C9H12O. The molecule has 0 aromatic heterocycles. The Bertz CT molecular complexity index is 173. The lowest BCUT2D eigenvalue weighted by Crippen LogP contribution is -1.74. The lowest BCUT2D eigenvalue weighted by molar-refractivity contribution is -0.104. The van der Waals surface area contributed by atoms with Crippen LogP contribution in [0.15, 0.2) is 36.0 Å². The molecule has 0 saturated carbocycles. The SMILES string of the molecule is CC=CC=CC(C=O)=CC. The molecule has 0 aliphatic rings. The number of aldehydes is 1. The molecule has 0 unspecified atom stereocenters. The summed E-state index contributed by atoms with van der Waals surface area (Å²) < 4.78 is 0. The molecule has 0 saturated heterocycles. The Kier molecular flexibility index (Phi) is 5.35. The molecule has 0 heterocycles. The average molecular weight is 136 g/mol. The molecule has 0 radical (unpaired) electrons. The van der Waals surface area contributed by atoms with Crippen molar-refractivity contribution in [1.82, 2.24) is 0 Å². The Balaban J connectivity index is 3.98. The van der Waals surface area contributed by atoms with Gasteiger partial charge in [0.1, 0.15) is 6.29 Å². The number of carbonyl (C=O) groups excluding carboxylic acids is 1. The van der Waals surface area contributed by atoms with E-state index in [0.717, 1.165) is 6.29 Å². The maximum absolute atomic E-state index is 10.2. The van der Waals surface area contributed by atoms with E-state index in [4.69, 9.17) is 0 Å². The van der Waals surface area contributed by atoms with Gasteiger partial charge in [0.15, 0.2) is 0 Å². The number of carbonyl (C=O) groups is 1. The third-order valence-electron chi connectivity index (χ3n) is 1.06. The standard InChI is InChI=1S/C9H12O/c1-3-5-6-7-9(4-2)8-10/h3-8H,1-2H3. The Morgan fingerprint density at radius 2 is 1.90 bits per heavy atom. The first-order chi connectivity index (χ1) is 4.85. The second-order valence-electron chi connectivity index (χ2n) is 1.79. The molecular weight excluding hydrogens is 124 g/mol. The summed E-state index contributed by atoms with van der Waals surface area (Å²) in [7, 11) is 0. The number of hydrogen-bond acceptors (Lipinski definition) is 1. The molecule has 54 valence electrons. The van der Waals surface area contributed by atoms with Crippen molar-refractivity contribution in [2.75, 3.05) is 0 Å². The first-order valence-electron chi connectivity index (χ1n) is 3.26. The highest BCUT2D eigenvalue weighted by molar-refractivity contribution is 5.77. The molecule has 1 nitrogen and oxygen atoms in total. The molecule has 0 amide bonds. The van der Waals surface area contributed by atoms with E-state index in [2.05, 4.69) is 0 Å². The number of hydrogen-bond donors (Lipinski definition) is 0. The van der Waals surface area contributed by atoms with Crippen molar-refractivity contribution in [2.24, 2.45) is 0 Å². The smallest absolute Gasteiger partial charge is 0.149 e. The van der Waals surface area contributed by atoms with Crippen LogP contribution in [0.3, 0.4) is 0 Å². The lowest BCUT2D eigenvalue weighted by atomic mass is 10.2. The van der Waals surface area contributed by atoms with Gasteiger partial charge in [0.25, 0.3) is 0 Å². The minimum absolute atomic E-state index is 0.707. The molecule has 0 rings (SSSR count). The molecule has 1 heteroatoms. The largest absolute Gasteiger partial charge is 0.298 e. The summed E-state index contributed by atoms with van der Waals surface area (Å²) in [6, 6.07) is 0. The van der Waals surface area contributed by atoms with Gasteiger partial charge in [0.2, 0.25) is 0 Å². The highest BCUT2D eigenvalue weighted by Crippen LogP contribution is 1.91. The maximum Gasteiger partial charge on any atom is 0.149 e. The highest BCUT2D eigenvalue weighted by atomic mass is 16.1. The Hall–Kier alpha value is -1.11. The third-order valence-corrected chi connectivity index (χ3v) is 1.06. The van der Waals surface area contributed by atoms with Crippen LogP contribution in [-0.2, 0) is 4.79 Å². The molecule has 0 aliphatic heterocycles. The first-order valence-corrected chi connectivity index (χ1v) is 3.26. The van der Waals surface area contributed by atoms with Crippen LogP contribution < -0.4 is 0 Å². The second-order valence-corrected chi connectivity index (χ2v) is 1.79. The predicted octanol–water partition coefficient (Wildman–Crippen LogP) is 2.26. The second kappa shape index (κ2) is 6.02. The van der Waals surface area contributed by atoms with E-state index in [0.29, 0.717) is 5.57 Å². The minimum Gasteiger partial charge on any atom is -0.298 e. The summed E-state index contributed by atoms with van der Waals surface area (Å²) >= 11 is 0. The quantitative estimate of drug-likeness (QED) is 0.330. The van der Waals surface area contributed by atoms with E-state index in [1.807, 2.05) is 32.1 Å². The molecule has 0 N–H and O–H groups in total. The van der Waals surface area contributed by atoms with Crippen molar-refractivity contribution >= 4 is 6.29 Å². The number of allylic oxidation sites excluding steroid dienone is 6. The molecule has 10 heavy (non-hydrogen) atoms. The van der Waals surface area contributed by atoms with Crippen molar-refractivity contribution < 1.29 is 4.79 Å². The van der Waals surface area contributed by atoms with Gasteiger partial charge in [-0.25, -0.2) is 0 Å². The van der Waals surface area contributed by atoms with E-state index in [1.165, 1.54) is 0 Å². The van der Waals surface area contributed by atoms with E-state index < -0.39 is 0 Å². The molecule has 0 fully saturated rings. The zero-order valence-corrected chi connectivity index (χ0v) is 6.37. The van der Waals surface area contributed by atoms with Gasteiger partial charge in [-0.3, -0.25) is 4.79 Å². The van der Waals surface area contributed by atoms with Crippen LogP contribution in [0, 0.1) is 0 Å². The average Bonchev–Trinajstić information content (AvgIpc) is 1.99. The van der Waals surface area contributed by atoms with Crippen molar-refractivity contribution in [3.63, 3.8) is 0 Å². The van der Waals surface area contributed by atoms with Gasteiger partial charge >= 0.3 is 0 Å². The van der Waals surface area contributed by atoms with Gasteiger partial charge in [-0.2, -0.15) is 0 Å². The van der Waals surface area contributed by atoms with Crippen LogP contribution >= 0.6 is 0 Å². The Morgan fingerprint density at radius 1 is 1.20 bits per heavy atom. The van der Waals surface area contributed by atoms with Gasteiger partial charge in [0.05, 0.1) is 0 Å². The Labute approximate surface area is 61.8 Å². The zero-order valence-electron chi connectivity index (χ0n) is 6.37. The summed E-state index contributed by atoms with van der Waals surface area (Å²) in [4.78, 5) is 10.2.